The van der Waals surface area contributed by atoms with Crippen LogP contribution in [0.25, 0.3) is 0 Å². The van der Waals surface area contributed by atoms with Crippen LogP contribution in [-0.4, -0.2) is 39.1 Å². The molecule has 0 bridgehead atoms. The molecule has 1 unspecified atom stereocenters. The maximum Gasteiger partial charge on any atom is 0.326 e. The van der Waals surface area contributed by atoms with Crippen LogP contribution in [0.4, 0.5) is 0 Å². The van der Waals surface area contributed by atoms with Crippen LogP contribution in [0.3, 0.4) is 0 Å². The lowest BCUT2D eigenvalue weighted by Crippen LogP contribution is -2.30. The van der Waals surface area contributed by atoms with E-state index in [1.54, 1.807) is 7.85 Å². The molecule has 1 N–H and O–H groups in total. The van der Waals surface area contributed by atoms with Crippen LogP contribution in [0.5, 0.6) is 0 Å². The van der Waals surface area contributed by atoms with E-state index in [4.69, 9.17) is 4.55 Å². The van der Waals surface area contributed by atoms with Gasteiger partial charge in [0.2, 0.25) is 0 Å². The number of hydrogen-bond acceptors (Lipinski definition) is 4. The van der Waals surface area contributed by atoms with Crippen LogP contribution >= 0.6 is 0 Å². The molecule has 0 aliphatic carbocycles. The molecule has 0 aromatic rings. The standard InChI is InChI=1S/C5H11BO5S/c1-11-5(7)4(2-3-6)12(8,9)10/h4H,2-3,6H2,1H3,(H,8,9,10). The Bertz CT molecular complexity index is 247. The molecule has 0 saturated heterocycles. The molecular formula is C5H11BO5S. The third kappa shape index (κ3) is 3.23. The molecule has 0 aromatic carbocycles. The van der Waals surface area contributed by atoms with Gasteiger partial charge in [0, 0.05) is 0 Å². The van der Waals surface area contributed by atoms with Crippen LogP contribution in [0.1, 0.15) is 6.42 Å². The average molecular weight is 194 g/mol. The molecule has 0 fully saturated rings. The molecule has 12 heavy (non-hydrogen) atoms. The smallest absolute Gasteiger partial charge is 0.326 e. The third-order valence-corrected chi connectivity index (χ3v) is 2.52. The van der Waals surface area contributed by atoms with Crippen molar-refractivity contribution in [2.45, 2.75) is 18.0 Å². The lowest BCUT2D eigenvalue weighted by atomic mass is 10.0. The van der Waals surface area contributed by atoms with E-state index in [0.717, 1.165) is 7.11 Å². The van der Waals surface area contributed by atoms with E-state index in [2.05, 4.69) is 4.74 Å². The predicted octanol–water partition coefficient (Wildman–Crippen LogP) is -1.14. The van der Waals surface area contributed by atoms with Crippen LogP contribution in [0.15, 0.2) is 0 Å². The average Bonchev–Trinajstić information content (AvgIpc) is 1.96. The highest BCUT2D eigenvalue weighted by atomic mass is 32.2. The molecule has 1 atom stereocenters. The van der Waals surface area contributed by atoms with Crippen LogP contribution in [-0.2, 0) is 19.6 Å². The van der Waals surface area contributed by atoms with Crippen molar-refractivity contribution in [1.82, 2.24) is 0 Å². The lowest BCUT2D eigenvalue weighted by molar-refractivity contribution is -0.140. The maximum absolute atomic E-state index is 10.8. The Kier molecular flexibility index (Phi) is 4.26. The van der Waals surface area contributed by atoms with Crippen LogP contribution in [0, 0.1) is 0 Å². The Balaban J connectivity index is 4.56. The first-order chi connectivity index (χ1) is 5.43. The lowest BCUT2D eigenvalue weighted by Gasteiger charge is -2.09. The fourth-order valence-corrected chi connectivity index (χ4v) is 1.66. The summed E-state index contributed by atoms with van der Waals surface area (Å²) in [6.45, 7) is 0. The fraction of sp³-hybridized carbons (Fsp3) is 0.800. The molecule has 0 rings (SSSR count). The Hall–Kier alpha value is -0.555. The molecule has 0 aliphatic rings. The summed E-state index contributed by atoms with van der Waals surface area (Å²) in [6.07, 6.45) is 0.561. The zero-order valence-corrected chi connectivity index (χ0v) is 7.80. The van der Waals surface area contributed by atoms with Crippen molar-refractivity contribution >= 4 is 23.9 Å². The fourth-order valence-electron chi connectivity index (χ4n) is 0.782. The summed E-state index contributed by atoms with van der Waals surface area (Å²) in [5.74, 6) is -0.917. The van der Waals surface area contributed by atoms with Gasteiger partial charge in [0.05, 0.1) is 7.11 Å². The van der Waals surface area contributed by atoms with Crippen molar-refractivity contribution in [2.24, 2.45) is 0 Å². The number of esters is 1. The second-order valence-corrected chi connectivity index (χ2v) is 3.91. The van der Waals surface area contributed by atoms with E-state index in [1.165, 1.54) is 0 Å². The Morgan fingerprint density at radius 2 is 2.17 bits per heavy atom. The summed E-state index contributed by atoms with van der Waals surface area (Å²) < 4.78 is 33.9. The minimum absolute atomic E-state index is 0.0749. The number of methoxy groups -OCH3 is 1. The normalized spacial score (nSPS) is 13.8. The van der Waals surface area contributed by atoms with Crippen LogP contribution < -0.4 is 0 Å². The first-order valence-corrected chi connectivity index (χ1v) is 4.98. The molecule has 0 saturated carbocycles. The highest BCUT2D eigenvalue weighted by Gasteiger charge is 2.30. The van der Waals surface area contributed by atoms with Crippen molar-refractivity contribution < 1.29 is 22.5 Å². The Labute approximate surface area is 72.3 Å². The van der Waals surface area contributed by atoms with Crippen molar-refractivity contribution in [1.29, 1.82) is 0 Å². The minimum atomic E-state index is -4.31. The van der Waals surface area contributed by atoms with Crippen molar-refractivity contribution in [2.75, 3.05) is 7.11 Å². The summed E-state index contributed by atoms with van der Waals surface area (Å²) in [5, 5.41) is -1.44. The number of hydrogen-bond donors (Lipinski definition) is 1. The van der Waals surface area contributed by atoms with E-state index in [1.807, 2.05) is 0 Å². The van der Waals surface area contributed by atoms with E-state index in [-0.39, 0.29) is 6.42 Å². The molecule has 5 nitrogen and oxygen atoms in total. The first kappa shape index (κ1) is 11.4. The number of carbonyl (C=O) groups excluding carboxylic acids is 1. The van der Waals surface area contributed by atoms with Gasteiger partial charge in [-0.25, -0.2) is 0 Å². The first-order valence-electron chi connectivity index (χ1n) is 3.47. The molecule has 7 heteroatoms. The molecular weight excluding hydrogens is 183 g/mol. The molecule has 0 radical (unpaired) electrons. The SMILES string of the molecule is BCCC(C(=O)OC)S(=O)(=O)O. The number of rotatable bonds is 4. The van der Waals surface area contributed by atoms with Gasteiger partial charge >= 0.3 is 5.97 Å². The minimum Gasteiger partial charge on any atom is -0.468 e. The van der Waals surface area contributed by atoms with Gasteiger partial charge in [-0.1, -0.05) is 6.32 Å². The monoisotopic (exact) mass is 194 g/mol. The van der Waals surface area contributed by atoms with E-state index in [9.17, 15) is 13.2 Å². The highest BCUT2D eigenvalue weighted by Crippen LogP contribution is 2.08. The summed E-state index contributed by atoms with van der Waals surface area (Å²) in [5.41, 5.74) is 0. The highest BCUT2D eigenvalue weighted by molar-refractivity contribution is 7.87. The number of ether oxygens (including phenoxy) is 1. The molecule has 70 valence electrons. The van der Waals surface area contributed by atoms with Crippen molar-refractivity contribution in [3.05, 3.63) is 0 Å². The zero-order chi connectivity index (χ0) is 9.78. The Morgan fingerprint density at radius 1 is 1.67 bits per heavy atom. The second kappa shape index (κ2) is 4.47. The van der Waals surface area contributed by atoms with Gasteiger partial charge in [-0.2, -0.15) is 8.42 Å². The van der Waals surface area contributed by atoms with Gasteiger partial charge in [-0.05, 0) is 6.42 Å². The second-order valence-electron chi connectivity index (χ2n) is 2.32. The quantitative estimate of drug-likeness (QED) is 0.347. The third-order valence-electron chi connectivity index (χ3n) is 1.37. The van der Waals surface area contributed by atoms with Gasteiger partial charge in [-0.15, -0.1) is 0 Å². The Morgan fingerprint density at radius 3 is 2.42 bits per heavy atom. The van der Waals surface area contributed by atoms with Crippen LogP contribution in [0.2, 0.25) is 6.32 Å². The van der Waals surface area contributed by atoms with Gasteiger partial charge in [0.25, 0.3) is 10.1 Å². The molecule has 0 aromatic heterocycles. The molecule has 0 heterocycles. The zero-order valence-electron chi connectivity index (χ0n) is 6.98. The van der Waals surface area contributed by atoms with Gasteiger partial charge in [0.1, 0.15) is 7.85 Å². The summed E-state index contributed by atoms with van der Waals surface area (Å²) in [4.78, 5) is 10.8. The summed E-state index contributed by atoms with van der Waals surface area (Å²) in [6, 6.07) is 0. The molecule has 0 spiro atoms. The van der Waals surface area contributed by atoms with Gasteiger partial charge in [0.15, 0.2) is 5.25 Å². The van der Waals surface area contributed by atoms with Gasteiger partial charge < -0.3 is 4.74 Å². The van der Waals surface area contributed by atoms with Crippen molar-refractivity contribution in [3.8, 4) is 0 Å². The van der Waals surface area contributed by atoms with Gasteiger partial charge in [-0.3, -0.25) is 9.35 Å². The predicted molar refractivity (Wildman–Crippen MR) is 45.3 cm³/mol. The summed E-state index contributed by atoms with van der Waals surface area (Å²) in [7, 11) is -1.52. The molecule has 0 amide bonds. The van der Waals surface area contributed by atoms with E-state index < -0.39 is 21.3 Å². The summed E-state index contributed by atoms with van der Waals surface area (Å²) >= 11 is 0. The largest absolute Gasteiger partial charge is 0.468 e. The van der Waals surface area contributed by atoms with Crippen molar-refractivity contribution in [3.63, 3.8) is 0 Å². The maximum atomic E-state index is 10.8. The van der Waals surface area contributed by atoms with E-state index in [0.29, 0.717) is 6.32 Å². The topological polar surface area (TPSA) is 80.7 Å². The number of carbonyl (C=O) groups is 1. The molecule has 0 aliphatic heterocycles. The van der Waals surface area contributed by atoms with E-state index >= 15 is 0 Å².